The number of barbiturate groups is 1. The first-order chi connectivity index (χ1) is 16.8. The number of halogens is 2. The SMILES string of the molecule is O=C(COc1ccc(/C=C2\C(=O)NC(=O)N(c3ccc(F)cc3)C2=O)cc1)Nc1ccc(Cl)cc1. The molecule has 0 unspecified atom stereocenters. The molecule has 8 nitrogen and oxygen atoms in total. The van der Waals surface area contributed by atoms with Gasteiger partial charge in [0.25, 0.3) is 17.7 Å². The van der Waals surface area contributed by atoms with Crippen molar-refractivity contribution in [1.29, 1.82) is 0 Å². The molecule has 10 heteroatoms. The molecule has 4 rings (SSSR count). The normalized spacial score (nSPS) is 14.6. The Hall–Kier alpha value is -4.50. The number of urea groups is 1. The van der Waals surface area contributed by atoms with Crippen LogP contribution in [0.2, 0.25) is 5.02 Å². The summed E-state index contributed by atoms with van der Waals surface area (Å²) in [6, 6.07) is 16.7. The van der Waals surface area contributed by atoms with Crippen LogP contribution in [-0.4, -0.2) is 30.4 Å². The van der Waals surface area contributed by atoms with E-state index >= 15 is 0 Å². The van der Waals surface area contributed by atoms with Crippen molar-refractivity contribution in [1.82, 2.24) is 5.32 Å². The first kappa shape index (κ1) is 23.7. The lowest BCUT2D eigenvalue weighted by atomic mass is 10.1. The van der Waals surface area contributed by atoms with E-state index in [0.717, 1.165) is 17.0 Å². The van der Waals surface area contributed by atoms with E-state index in [9.17, 15) is 23.6 Å². The molecule has 176 valence electrons. The Morgan fingerprint density at radius 2 is 1.63 bits per heavy atom. The number of imide groups is 2. The molecular formula is C25H17ClFN3O5. The fourth-order valence-corrected chi connectivity index (χ4v) is 3.31. The molecule has 1 aliphatic rings. The number of hydrogen-bond donors (Lipinski definition) is 2. The van der Waals surface area contributed by atoms with Crippen LogP contribution in [-0.2, 0) is 14.4 Å². The third-order valence-electron chi connectivity index (χ3n) is 4.88. The van der Waals surface area contributed by atoms with Crippen LogP contribution in [0.1, 0.15) is 5.56 Å². The van der Waals surface area contributed by atoms with Gasteiger partial charge < -0.3 is 10.1 Å². The fourth-order valence-electron chi connectivity index (χ4n) is 3.19. The van der Waals surface area contributed by atoms with E-state index < -0.39 is 23.7 Å². The molecule has 3 aromatic rings. The van der Waals surface area contributed by atoms with Crippen molar-refractivity contribution in [2.75, 3.05) is 16.8 Å². The Morgan fingerprint density at radius 1 is 0.971 bits per heavy atom. The first-order valence-corrected chi connectivity index (χ1v) is 10.6. The summed E-state index contributed by atoms with van der Waals surface area (Å²) in [5.41, 5.74) is 0.904. The molecule has 1 aliphatic heterocycles. The predicted molar refractivity (Wildman–Crippen MR) is 127 cm³/mol. The Kier molecular flexibility index (Phi) is 6.88. The number of benzene rings is 3. The minimum atomic E-state index is -0.926. The van der Waals surface area contributed by atoms with Crippen molar-refractivity contribution in [3.63, 3.8) is 0 Å². The molecule has 1 fully saturated rings. The lowest BCUT2D eigenvalue weighted by Crippen LogP contribution is -2.54. The zero-order valence-corrected chi connectivity index (χ0v) is 18.7. The van der Waals surface area contributed by atoms with E-state index in [-0.39, 0.29) is 23.8 Å². The number of amides is 5. The lowest BCUT2D eigenvalue weighted by molar-refractivity contribution is -0.122. The number of ether oxygens (including phenoxy) is 1. The molecule has 0 spiro atoms. The number of rotatable bonds is 6. The van der Waals surface area contributed by atoms with E-state index in [2.05, 4.69) is 10.6 Å². The molecule has 1 heterocycles. The number of hydrogen-bond acceptors (Lipinski definition) is 5. The zero-order valence-electron chi connectivity index (χ0n) is 18.0. The van der Waals surface area contributed by atoms with E-state index in [0.29, 0.717) is 22.0 Å². The van der Waals surface area contributed by atoms with Gasteiger partial charge in [-0.05, 0) is 72.3 Å². The fraction of sp³-hybridized carbons (Fsp3) is 0.0400. The Bertz CT molecular complexity index is 1320. The third kappa shape index (κ3) is 5.71. The molecule has 0 atom stereocenters. The van der Waals surface area contributed by atoms with E-state index in [4.69, 9.17) is 16.3 Å². The predicted octanol–water partition coefficient (Wildman–Crippen LogP) is 4.16. The maximum Gasteiger partial charge on any atom is 0.335 e. The van der Waals surface area contributed by atoms with E-state index in [1.54, 1.807) is 48.5 Å². The minimum absolute atomic E-state index is 0.118. The van der Waals surface area contributed by atoms with Gasteiger partial charge >= 0.3 is 6.03 Å². The summed E-state index contributed by atoms with van der Waals surface area (Å²) in [5, 5.41) is 5.32. The maximum absolute atomic E-state index is 13.2. The highest BCUT2D eigenvalue weighted by Gasteiger charge is 2.36. The van der Waals surface area contributed by atoms with Crippen LogP contribution in [0.4, 0.5) is 20.6 Å². The van der Waals surface area contributed by atoms with Gasteiger partial charge in [-0.2, -0.15) is 0 Å². The van der Waals surface area contributed by atoms with Crippen molar-refractivity contribution in [3.05, 3.63) is 94.8 Å². The molecule has 2 N–H and O–H groups in total. The number of carbonyl (C=O) groups is 4. The molecular weight excluding hydrogens is 477 g/mol. The molecule has 1 saturated heterocycles. The van der Waals surface area contributed by atoms with Crippen LogP contribution in [0.5, 0.6) is 5.75 Å². The van der Waals surface area contributed by atoms with Crippen molar-refractivity contribution < 1.29 is 28.3 Å². The lowest BCUT2D eigenvalue weighted by Gasteiger charge is -2.26. The highest BCUT2D eigenvalue weighted by atomic mass is 35.5. The number of nitrogens with zero attached hydrogens (tertiary/aromatic N) is 1. The summed E-state index contributed by atoms with van der Waals surface area (Å²) in [5.74, 6) is -2.20. The molecule has 0 aromatic heterocycles. The highest BCUT2D eigenvalue weighted by Crippen LogP contribution is 2.23. The second-order valence-corrected chi connectivity index (χ2v) is 7.78. The molecule has 35 heavy (non-hydrogen) atoms. The smallest absolute Gasteiger partial charge is 0.335 e. The van der Waals surface area contributed by atoms with Crippen LogP contribution in [0.25, 0.3) is 6.08 Å². The summed E-state index contributed by atoms with van der Waals surface area (Å²) in [6.45, 7) is -0.237. The molecule has 0 aliphatic carbocycles. The Morgan fingerprint density at radius 3 is 2.29 bits per heavy atom. The monoisotopic (exact) mass is 493 g/mol. The average Bonchev–Trinajstić information content (AvgIpc) is 2.84. The Balaban J connectivity index is 1.42. The van der Waals surface area contributed by atoms with Gasteiger partial charge in [0, 0.05) is 10.7 Å². The van der Waals surface area contributed by atoms with Crippen LogP contribution in [0.3, 0.4) is 0 Å². The molecule has 5 amide bonds. The quantitative estimate of drug-likeness (QED) is 0.396. The number of nitrogens with one attached hydrogen (secondary N) is 2. The summed E-state index contributed by atoms with van der Waals surface area (Å²) >= 11 is 5.81. The second kappa shape index (κ2) is 10.2. The van der Waals surface area contributed by atoms with Crippen molar-refractivity contribution >= 4 is 52.8 Å². The number of anilines is 2. The van der Waals surface area contributed by atoms with Crippen molar-refractivity contribution in [2.45, 2.75) is 0 Å². The van der Waals surface area contributed by atoms with Crippen LogP contribution in [0, 0.1) is 5.82 Å². The Labute approximate surface area is 203 Å². The van der Waals surface area contributed by atoms with E-state index in [1.807, 2.05) is 0 Å². The average molecular weight is 494 g/mol. The van der Waals surface area contributed by atoms with Gasteiger partial charge in [-0.3, -0.25) is 19.7 Å². The van der Waals surface area contributed by atoms with Gasteiger partial charge in [0.1, 0.15) is 17.1 Å². The summed E-state index contributed by atoms with van der Waals surface area (Å²) in [7, 11) is 0. The second-order valence-electron chi connectivity index (χ2n) is 7.35. The van der Waals surface area contributed by atoms with Gasteiger partial charge in [-0.15, -0.1) is 0 Å². The molecule has 3 aromatic carbocycles. The van der Waals surface area contributed by atoms with Crippen molar-refractivity contribution in [3.8, 4) is 5.75 Å². The summed E-state index contributed by atoms with van der Waals surface area (Å²) < 4.78 is 18.7. The van der Waals surface area contributed by atoms with E-state index in [1.165, 1.54) is 18.2 Å². The third-order valence-corrected chi connectivity index (χ3v) is 5.13. The van der Waals surface area contributed by atoms with Crippen LogP contribution in [0.15, 0.2) is 78.4 Å². The largest absolute Gasteiger partial charge is 0.484 e. The molecule has 0 bridgehead atoms. The number of carbonyl (C=O) groups excluding carboxylic acids is 4. The van der Waals surface area contributed by atoms with Crippen LogP contribution >= 0.6 is 11.6 Å². The molecule has 0 radical (unpaired) electrons. The maximum atomic E-state index is 13.2. The highest BCUT2D eigenvalue weighted by molar-refractivity contribution is 6.39. The van der Waals surface area contributed by atoms with Gasteiger partial charge in [0.15, 0.2) is 6.61 Å². The summed E-state index contributed by atoms with van der Waals surface area (Å²) in [4.78, 5) is 50.1. The standard InChI is InChI=1S/C25H17ClFN3O5/c26-16-3-7-18(8-4-16)28-22(31)14-35-20-11-1-15(2-12-20)13-21-23(32)29-25(34)30(24(21)33)19-9-5-17(27)6-10-19/h1-13H,14H2,(H,28,31)(H,29,32,34)/b21-13+. The van der Waals surface area contributed by atoms with Gasteiger partial charge in [-0.25, -0.2) is 14.1 Å². The summed E-state index contributed by atoms with van der Waals surface area (Å²) in [6.07, 6.45) is 1.32. The first-order valence-electron chi connectivity index (χ1n) is 10.3. The minimum Gasteiger partial charge on any atom is -0.484 e. The topological polar surface area (TPSA) is 105 Å². The zero-order chi connectivity index (χ0) is 24.9. The molecule has 0 saturated carbocycles. The van der Waals surface area contributed by atoms with Gasteiger partial charge in [0.2, 0.25) is 0 Å². The van der Waals surface area contributed by atoms with Gasteiger partial charge in [-0.1, -0.05) is 23.7 Å². The van der Waals surface area contributed by atoms with Crippen molar-refractivity contribution in [2.24, 2.45) is 0 Å². The van der Waals surface area contributed by atoms with Crippen LogP contribution < -0.4 is 20.3 Å². The van der Waals surface area contributed by atoms with Gasteiger partial charge in [0.05, 0.1) is 5.69 Å².